The number of aromatic nitrogens is 1. The van der Waals surface area contributed by atoms with Crippen LogP contribution in [-0.2, 0) is 6.54 Å². The van der Waals surface area contributed by atoms with Crippen LogP contribution in [0.5, 0.6) is 11.5 Å². The highest BCUT2D eigenvalue weighted by molar-refractivity contribution is 7.15. The van der Waals surface area contributed by atoms with E-state index in [2.05, 4.69) is 10.3 Å². The number of anilines is 1. The molecule has 122 valence electrons. The summed E-state index contributed by atoms with van der Waals surface area (Å²) >= 11 is 7.23. The fourth-order valence-corrected chi connectivity index (χ4v) is 2.88. The predicted molar refractivity (Wildman–Crippen MR) is 94.1 cm³/mol. The Balaban J connectivity index is 1.58. The number of thiazole rings is 1. The summed E-state index contributed by atoms with van der Waals surface area (Å²) in [6, 6.07) is 13.4. The van der Waals surface area contributed by atoms with E-state index in [0.29, 0.717) is 22.5 Å². The van der Waals surface area contributed by atoms with Crippen molar-refractivity contribution in [1.29, 1.82) is 0 Å². The molecule has 0 amide bonds. The Hall–Kier alpha value is -2.64. The van der Waals surface area contributed by atoms with E-state index >= 15 is 0 Å². The second-order valence-electron chi connectivity index (χ2n) is 4.81. The van der Waals surface area contributed by atoms with Crippen molar-refractivity contribution in [3.05, 3.63) is 74.2 Å². The highest BCUT2D eigenvalue weighted by atomic mass is 35.5. The quantitative estimate of drug-likeness (QED) is 0.487. The number of nitro groups is 1. The third-order valence-electron chi connectivity index (χ3n) is 3.13. The van der Waals surface area contributed by atoms with Crippen molar-refractivity contribution in [2.24, 2.45) is 0 Å². The Morgan fingerprint density at radius 2 is 1.75 bits per heavy atom. The molecular weight excluding hydrogens is 350 g/mol. The minimum absolute atomic E-state index is 0.0325. The number of nitrogens with zero attached hydrogens (tertiary/aromatic N) is 2. The first kappa shape index (κ1) is 16.2. The molecule has 0 aliphatic rings. The summed E-state index contributed by atoms with van der Waals surface area (Å²) in [5.74, 6) is 1.19. The van der Waals surface area contributed by atoms with E-state index in [-0.39, 0.29) is 5.69 Å². The van der Waals surface area contributed by atoms with E-state index in [9.17, 15) is 10.1 Å². The van der Waals surface area contributed by atoms with Gasteiger partial charge in [0.05, 0.1) is 11.5 Å². The van der Waals surface area contributed by atoms with E-state index in [1.54, 1.807) is 18.3 Å². The van der Waals surface area contributed by atoms with E-state index in [1.807, 2.05) is 24.3 Å². The Bertz CT molecular complexity index is 835. The largest absolute Gasteiger partial charge is 0.457 e. The lowest BCUT2D eigenvalue weighted by molar-refractivity contribution is -0.384. The van der Waals surface area contributed by atoms with E-state index in [0.717, 1.165) is 10.6 Å². The number of non-ortho nitro benzene ring substituents is 1. The average molecular weight is 362 g/mol. The summed E-state index contributed by atoms with van der Waals surface area (Å²) < 4.78 is 6.18. The average Bonchev–Trinajstić information content (AvgIpc) is 3.00. The highest BCUT2D eigenvalue weighted by Gasteiger charge is 2.05. The normalized spacial score (nSPS) is 10.4. The molecule has 0 fully saturated rings. The van der Waals surface area contributed by atoms with Gasteiger partial charge in [0.2, 0.25) is 0 Å². The SMILES string of the molecule is O=[N+]([O-])c1ccc(Oc2ccc(NCc3cnc(Cl)s3)cc2)cc1. The first-order valence-corrected chi connectivity index (χ1v) is 8.16. The number of halogens is 1. The molecule has 0 atom stereocenters. The van der Waals surface area contributed by atoms with E-state index in [4.69, 9.17) is 16.3 Å². The topological polar surface area (TPSA) is 77.3 Å². The molecule has 1 N–H and O–H groups in total. The molecule has 0 bridgehead atoms. The molecule has 3 rings (SSSR count). The van der Waals surface area contributed by atoms with Crippen molar-refractivity contribution in [2.45, 2.75) is 6.54 Å². The predicted octanol–water partition coefficient (Wildman–Crippen LogP) is 5.11. The van der Waals surface area contributed by atoms with Gasteiger partial charge in [-0.25, -0.2) is 4.98 Å². The van der Waals surface area contributed by atoms with Gasteiger partial charge < -0.3 is 10.1 Å². The van der Waals surface area contributed by atoms with Gasteiger partial charge in [0, 0.05) is 28.9 Å². The maximum atomic E-state index is 10.6. The van der Waals surface area contributed by atoms with Gasteiger partial charge in [-0.3, -0.25) is 10.1 Å². The number of nitro benzene ring substituents is 1. The van der Waals surface area contributed by atoms with E-state index in [1.165, 1.54) is 23.5 Å². The minimum Gasteiger partial charge on any atom is -0.457 e. The van der Waals surface area contributed by atoms with Crippen molar-refractivity contribution in [3.8, 4) is 11.5 Å². The Morgan fingerprint density at radius 1 is 1.12 bits per heavy atom. The van der Waals surface area contributed by atoms with Crippen LogP contribution in [0.1, 0.15) is 4.88 Å². The first-order valence-electron chi connectivity index (χ1n) is 6.96. The van der Waals surface area contributed by atoms with Gasteiger partial charge in [0.25, 0.3) is 5.69 Å². The van der Waals surface area contributed by atoms with Crippen LogP contribution in [0.4, 0.5) is 11.4 Å². The smallest absolute Gasteiger partial charge is 0.269 e. The van der Waals surface area contributed by atoms with Crippen molar-refractivity contribution < 1.29 is 9.66 Å². The maximum Gasteiger partial charge on any atom is 0.269 e. The van der Waals surface area contributed by atoms with Crippen LogP contribution in [0.15, 0.2) is 54.7 Å². The molecule has 0 aliphatic heterocycles. The standard InChI is InChI=1S/C16H12ClN3O3S/c17-16-19-10-15(24-16)9-18-11-1-5-13(6-2-11)23-14-7-3-12(4-8-14)20(21)22/h1-8,10,18H,9H2. The maximum absolute atomic E-state index is 10.6. The van der Waals surface area contributed by atoms with Crippen molar-refractivity contribution in [2.75, 3.05) is 5.32 Å². The lowest BCUT2D eigenvalue weighted by Gasteiger charge is -2.08. The Kier molecular flexibility index (Phi) is 4.93. The van der Waals surface area contributed by atoms with E-state index < -0.39 is 4.92 Å². The molecular formula is C16H12ClN3O3S. The lowest BCUT2D eigenvalue weighted by Crippen LogP contribution is -1.97. The summed E-state index contributed by atoms with van der Waals surface area (Å²) in [5, 5.41) is 13.9. The Labute approximate surface area is 146 Å². The molecule has 8 heteroatoms. The van der Waals surface area contributed by atoms with Crippen LogP contribution < -0.4 is 10.1 Å². The monoisotopic (exact) mass is 361 g/mol. The molecule has 0 aliphatic carbocycles. The van der Waals surface area contributed by atoms with Gasteiger partial charge >= 0.3 is 0 Å². The number of nitrogens with one attached hydrogen (secondary N) is 1. The fraction of sp³-hybridized carbons (Fsp3) is 0.0625. The molecule has 0 unspecified atom stereocenters. The summed E-state index contributed by atoms with van der Waals surface area (Å²) in [6.45, 7) is 0.646. The summed E-state index contributed by atoms with van der Waals surface area (Å²) in [4.78, 5) is 15.2. The molecule has 0 radical (unpaired) electrons. The van der Waals surface area contributed by atoms with Crippen LogP contribution in [0.25, 0.3) is 0 Å². The summed E-state index contributed by atoms with van der Waals surface area (Å²) in [5.41, 5.74) is 0.973. The number of benzene rings is 2. The van der Waals surface area contributed by atoms with Crippen molar-refractivity contribution in [1.82, 2.24) is 4.98 Å². The van der Waals surface area contributed by atoms with Gasteiger partial charge in [-0.2, -0.15) is 0 Å². The molecule has 2 aromatic carbocycles. The molecule has 6 nitrogen and oxygen atoms in total. The Morgan fingerprint density at radius 3 is 2.29 bits per heavy atom. The van der Waals surface area contributed by atoms with Gasteiger partial charge in [0.1, 0.15) is 11.5 Å². The number of ether oxygens (including phenoxy) is 1. The zero-order valence-electron chi connectivity index (χ0n) is 12.3. The molecule has 1 heterocycles. The molecule has 0 saturated heterocycles. The fourth-order valence-electron chi connectivity index (χ4n) is 1.97. The summed E-state index contributed by atoms with van der Waals surface area (Å²) in [7, 11) is 0. The number of hydrogen-bond acceptors (Lipinski definition) is 6. The molecule has 0 spiro atoms. The van der Waals surface area contributed by atoms with Crippen LogP contribution in [0.3, 0.4) is 0 Å². The van der Waals surface area contributed by atoms with Crippen molar-refractivity contribution >= 4 is 34.3 Å². The zero-order valence-corrected chi connectivity index (χ0v) is 13.9. The van der Waals surface area contributed by atoms with Crippen LogP contribution in [-0.4, -0.2) is 9.91 Å². The highest BCUT2D eigenvalue weighted by Crippen LogP contribution is 2.25. The third kappa shape index (κ3) is 4.21. The molecule has 3 aromatic rings. The lowest BCUT2D eigenvalue weighted by atomic mass is 10.3. The second-order valence-corrected chi connectivity index (χ2v) is 6.51. The minimum atomic E-state index is -0.444. The molecule has 1 aromatic heterocycles. The van der Waals surface area contributed by atoms with Crippen LogP contribution >= 0.6 is 22.9 Å². The number of rotatable bonds is 6. The number of hydrogen-bond donors (Lipinski definition) is 1. The van der Waals surface area contributed by atoms with Gasteiger partial charge in [-0.15, -0.1) is 11.3 Å². The summed E-state index contributed by atoms with van der Waals surface area (Å²) in [6.07, 6.45) is 1.74. The molecule has 24 heavy (non-hydrogen) atoms. The zero-order chi connectivity index (χ0) is 16.9. The van der Waals surface area contributed by atoms with Gasteiger partial charge in [-0.1, -0.05) is 11.6 Å². The van der Waals surface area contributed by atoms with Gasteiger partial charge in [0.15, 0.2) is 4.47 Å². The van der Waals surface area contributed by atoms with Crippen LogP contribution in [0, 0.1) is 10.1 Å². The first-order chi connectivity index (χ1) is 11.6. The second kappa shape index (κ2) is 7.29. The van der Waals surface area contributed by atoms with Crippen LogP contribution in [0.2, 0.25) is 4.47 Å². The van der Waals surface area contributed by atoms with Gasteiger partial charge in [-0.05, 0) is 36.4 Å². The molecule has 0 saturated carbocycles. The van der Waals surface area contributed by atoms with Crippen molar-refractivity contribution in [3.63, 3.8) is 0 Å². The third-order valence-corrected chi connectivity index (χ3v) is 4.24.